The van der Waals surface area contributed by atoms with E-state index in [9.17, 15) is 0 Å². The quantitative estimate of drug-likeness (QED) is 0.859. The Bertz CT molecular complexity index is 356. The van der Waals surface area contributed by atoms with E-state index < -0.39 is 0 Å². The van der Waals surface area contributed by atoms with E-state index >= 15 is 0 Å². The molecule has 1 aliphatic heterocycles. The Balaban J connectivity index is 1.93. The molecule has 3 nitrogen and oxygen atoms in total. The van der Waals surface area contributed by atoms with Gasteiger partial charge in [-0.15, -0.1) is 0 Å². The first kappa shape index (κ1) is 12.6. The van der Waals surface area contributed by atoms with E-state index in [0.717, 1.165) is 26.2 Å². The first-order valence-electron chi connectivity index (χ1n) is 6.42. The number of hydrazine groups is 1. The summed E-state index contributed by atoms with van der Waals surface area (Å²) in [6, 6.07) is 8.99. The van der Waals surface area contributed by atoms with Gasteiger partial charge in [-0.2, -0.15) is 0 Å². The van der Waals surface area contributed by atoms with Crippen molar-refractivity contribution in [1.82, 2.24) is 15.3 Å². The fraction of sp³-hybridized carbons (Fsp3) is 0.571. The molecule has 3 heteroatoms. The summed E-state index contributed by atoms with van der Waals surface area (Å²) in [5, 5.41) is 2.34. The molecule has 0 aliphatic carbocycles. The van der Waals surface area contributed by atoms with Gasteiger partial charge in [-0.1, -0.05) is 24.3 Å². The van der Waals surface area contributed by atoms with E-state index in [0.29, 0.717) is 6.04 Å². The molecule has 1 aromatic rings. The number of benzene rings is 1. The zero-order chi connectivity index (χ0) is 12.3. The summed E-state index contributed by atoms with van der Waals surface area (Å²) in [7, 11) is 2.18. The highest BCUT2D eigenvalue weighted by Gasteiger charge is 2.16. The molecule has 1 unspecified atom stereocenters. The van der Waals surface area contributed by atoms with E-state index in [2.05, 4.69) is 60.5 Å². The number of aryl methyl sites for hydroxylation is 1. The predicted octanol–water partition coefficient (Wildman–Crippen LogP) is 1.81. The van der Waals surface area contributed by atoms with Crippen molar-refractivity contribution in [1.29, 1.82) is 0 Å². The Morgan fingerprint density at radius 1 is 1.12 bits per heavy atom. The second-order valence-electron chi connectivity index (χ2n) is 5.00. The number of piperazine rings is 1. The zero-order valence-corrected chi connectivity index (χ0v) is 11.1. The molecule has 17 heavy (non-hydrogen) atoms. The Morgan fingerprint density at radius 2 is 1.76 bits per heavy atom. The molecule has 1 atom stereocenters. The molecular formula is C14H23N3. The average molecular weight is 233 g/mol. The highest BCUT2D eigenvalue weighted by molar-refractivity contribution is 5.28. The van der Waals surface area contributed by atoms with Crippen molar-refractivity contribution in [3.8, 4) is 0 Å². The lowest BCUT2D eigenvalue weighted by atomic mass is 10.0. The largest absolute Gasteiger partial charge is 0.304 e. The summed E-state index contributed by atoms with van der Waals surface area (Å²) in [6.45, 7) is 8.92. The van der Waals surface area contributed by atoms with E-state index in [1.165, 1.54) is 11.1 Å². The SMILES string of the molecule is Cc1ccccc1C(C)NN1CCN(C)CC1. The van der Waals surface area contributed by atoms with Gasteiger partial charge in [0.25, 0.3) is 0 Å². The van der Waals surface area contributed by atoms with Crippen LogP contribution in [0.2, 0.25) is 0 Å². The Morgan fingerprint density at radius 3 is 2.41 bits per heavy atom. The summed E-state index contributed by atoms with van der Waals surface area (Å²) in [6.07, 6.45) is 0. The minimum absolute atomic E-state index is 0.389. The molecule has 0 radical (unpaired) electrons. The van der Waals surface area contributed by atoms with Gasteiger partial charge in [-0.3, -0.25) is 0 Å². The van der Waals surface area contributed by atoms with Crippen molar-refractivity contribution in [2.24, 2.45) is 0 Å². The topological polar surface area (TPSA) is 18.5 Å². The fourth-order valence-corrected chi connectivity index (χ4v) is 2.35. The summed E-state index contributed by atoms with van der Waals surface area (Å²) in [4.78, 5) is 2.37. The molecule has 1 aliphatic rings. The van der Waals surface area contributed by atoms with Gasteiger partial charge < -0.3 is 4.90 Å². The molecule has 0 bridgehead atoms. The van der Waals surface area contributed by atoms with Crippen LogP contribution in [0.4, 0.5) is 0 Å². The normalized spacial score (nSPS) is 20.4. The third-order valence-electron chi connectivity index (χ3n) is 3.53. The highest BCUT2D eigenvalue weighted by Crippen LogP contribution is 2.17. The third-order valence-corrected chi connectivity index (χ3v) is 3.53. The van der Waals surface area contributed by atoms with Crippen LogP contribution < -0.4 is 5.43 Å². The monoisotopic (exact) mass is 233 g/mol. The molecular weight excluding hydrogens is 210 g/mol. The van der Waals surface area contributed by atoms with Crippen molar-refractivity contribution < 1.29 is 0 Å². The Labute approximate surface area is 104 Å². The van der Waals surface area contributed by atoms with Crippen LogP contribution in [0, 0.1) is 6.92 Å². The van der Waals surface area contributed by atoms with Gasteiger partial charge in [0.05, 0.1) is 0 Å². The van der Waals surface area contributed by atoms with E-state index in [1.54, 1.807) is 0 Å². The van der Waals surface area contributed by atoms with Gasteiger partial charge in [0, 0.05) is 32.2 Å². The number of nitrogens with zero attached hydrogens (tertiary/aromatic N) is 2. The van der Waals surface area contributed by atoms with Crippen LogP contribution in [0.15, 0.2) is 24.3 Å². The number of hydrogen-bond donors (Lipinski definition) is 1. The van der Waals surface area contributed by atoms with E-state index in [-0.39, 0.29) is 0 Å². The minimum atomic E-state index is 0.389. The number of nitrogens with one attached hydrogen (secondary N) is 1. The van der Waals surface area contributed by atoms with Crippen LogP contribution in [0.3, 0.4) is 0 Å². The van der Waals surface area contributed by atoms with Gasteiger partial charge in [-0.05, 0) is 32.0 Å². The van der Waals surface area contributed by atoms with Crippen molar-refractivity contribution >= 4 is 0 Å². The summed E-state index contributed by atoms with van der Waals surface area (Å²) in [5.74, 6) is 0. The number of hydrogen-bond acceptors (Lipinski definition) is 3. The van der Waals surface area contributed by atoms with Crippen molar-refractivity contribution in [2.75, 3.05) is 33.2 Å². The van der Waals surface area contributed by atoms with Crippen LogP contribution >= 0.6 is 0 Å². The van der Waals surface area contributed by atoms with Gasteiger partial charge >= 0.3 is 0 Å². The second kappa shape index (κ2) is 5.63. The standard InChI is InChI=1S/C14H23N3/c1-12-6-4-5-7-14(12)13(2)15-17-10-8-16(3)9-11-17/h4-7,13,15H,8-11H2,1-3H3. The van der Waals surface area contributed by atoms with E-state index in [1.807, 2.05) is 0 Å². The molecule has 94 valence electrons. The second-order valence-corrected chi connectivity index (χ2v) is 5.00. The predicted molar refractivity (Wildman–Crippen MR) is 71.8 cm³/mol. The van der Waals surface area contributed by atoms with Crippen LogP contribution in [0.25, 0.3) is 0 Å². The van der Waals surface area contributed by atoms with E-state index in [4.69, 9.17) is 0 Å². The molecule has 1 fully saturated rings. The van der Waals surface area contributed by atoms with Crippen LogP contribution in [-0.2, 0) is 0 Å². The molecule has 1 saturated heterocycles. The van der Waals surface area contributed by atoms with Gasteiger partial charge in [0.1, 0.15) is 0 Å². The number of likely N-dealkylation sites (N-methyl/N-ethyl adjacent to an activating group) is 1. The molecule has 1 N–H and O–H groups in total. The van der Waals surface area contributed by atoms with Gasteiger partial charge in [0.2, 0.25) is 0 Å². The minimum Gasteiger partial charge on any atom is -0.304 e. The lowest BCUT2D eigenvalue weighted by molar-refractivity contribution is 0.0898. The first-order chi connectivity index (χ1) is 8.16. The maximum absolute atomic E-state index is 3.60. The summed E-state index contributed by atoms with van der Waals surface area (Å²) < 4.78 is 0. The molecule has 0 aromatic heterocycles. The lowest BCUT2D eigenvalue weighted by Gasteiger charge is -2.35. The smallest absolute Gasteiger partial charge is 0.0439 e. The Hall–Kier alpha value is -0.900. The van der Waals surface area contributed by atoms with Crippen molar-refractivity contribution in [2.45, 2.75) is 19.9 Å². The Kier molecular flexibility index (Phi) is 4.15. The lowest BCUT2D eigenvalue weighted by Crippen LogP contribution is -2.51. The van der Waals surface area contributed by atoms with Crippen LogP contribution in [0.5, 0.6) is 0 Å². The maximum atomic E-state index is 3.60. The highest BCUT2D eigenvalue weighted by atomic mass is 15.5. The van der Waals surface area contributed by atoms with Crippen molar-refractivity contribution in [3.05, 3.63) is 35.4 Å². The molecule has 0 saturated carbocycles. The number of rotatable bonds is 3. The van der Waals surface area contributed by atoms with Crippen LogP contribution in [-0.4, -0.2) is 43.1 Å². The molecule has 0 spiro atoms. The van der Waals surface area contributed by atoms with Crippen LogP contribution in [0.1, 0.15) is 24.1 Å². The molecule has 1 heterocycles. The fourth-order valence-electron chi connectivity index (χ4n) is 2.35. The van der Waals surface area contributed by atoms with Gasteiger partial charge in [-0.25, -0.2) is 10.4 Å². The molecule has 0 amide bonds. The van der Waals surface area contributed by atoms with Crippen molar-refractivity contribution in [3.63, 3.8) is 0 Å². The van der Waals surface area contributed by atoms with Gasteiger partial charge in [0.15, 0.2) is 0 Å². The average Bonchev–Trinajstić information content (AvgIpc) is 2.32. The molecule has 1 aromatic carbocycles. The zero-order valence-electron chi connectivity index (χ0n) is 11.1. The molecule has 2 rings (SSSR count). The third kappa shape index (κ3) is 3.28. The summed E-state index contributed by atoms with van der Waals surface area (Å²) >= 11 is 0. The first-order valence-corrected chi connectivity index (χ1v) is 6.42. The maximum Gasteiger partial charge on any atom is 0.0439 e. The summed E-state index contributed by atoms with van der Waals surface area (Å²) in [5.41, 5.74) is 6.36.